The molecule has 1 heterocycles. The van der Waals surface area contributed by atoms with E-state index in [2.05, 4.69) is 10.4 Å². The van der Waals surface area contributed by atoms with Crippen LogP contribution in [-0.4, -0.2) is 29.3 Å². The average molecular weight is 398 g/mol. The Bertz CT molecular complexity index is 1030. The summed E-state index contributed by atoms with van der Waals surface area (Å²) in [5.41, 5.74) is 2.03. The van der Waals surface area contributed by atoms with E-state index in [1.807, 2.05) is 42.5 Å². The van der Waals surface area contributed by atoms with Crippen LogP contribution in [0.3, 0.4) is 0 Å². The van der Waals surface area contributed by atoms with Crippen molar-refractivity contribution in [2.45, 2.75) is 13.0 Å². The van der Waals surface area contributed by atoms with Gasteiger partial charge in [0, 0.05) is 23.2 Å². The van der Waals surface area contributed by atoms with Crippen molar-refractivity contribution >= 4 is 17.5 Å². The van der Waals surface area contributed by atoms with Crippen molar-refractivity contribution in [2.75, 3.05) is 13.7 Å². The molecule has 0 bridgehead atoms. The standard InChI is InChI=1S/C21H20ClN3O3/c1-28-17-7-4-6-16(13-17)19-9-10-21(27)25(24-19)12-11-23-20(26)14-15-5-2-3-8-18(15)22/h2-10,13H,11-12,14H2,1H3,(H,23,26). The van der Waals surface area contributed by atoms with E-state index in [-0.39, 0.29) is 31.0 Å². The van der Waals surface area contributed by atoms with Gasteiger partial charge in [0.15, 0.2) is 0 Å². The molecule has 1 N–H and O–H groups in total. The Kier molecular flexibility index (Phi) is 6.45. The zero-order valence-electron chi connectivity index (χ0n) is 15.4. The number of rotatable bonds is 7. The van der Waals surface area contributed by atoms with Gasteiger partial charge in [0.1, 0.15) is 5.75 Å². The molecule has 0 spiro atoms. The first-order chi connectivity index (χ1) is 13.6. The molecule has 0 unspecified atom stereocenters. The average Bonchev–Trinajstić information content (AvgIpc) is 2.71. The third kappa shape index (κ3) is 4.98. The zero-order valence-corrected chi connectivity index (χ0v) is 16.1. The molecule has 6 nitrogen and oxygen atoms in total. The monoisotopic (exact) mass is 397 g/mol. The minimum absolute atomic E-state index is 0.162. The van der Waals surface area contributed by atoms with Crippen LogP contribution >= 0.6 is 11.6 Å². The van der Waals surface area contributed by atoms with Gasteiger partial charge in [-0.1, -0.05) is 41.9 Å². The maximum absolute atomic E-state index is 12.1. The summed E-state index contributed by atoms with van der Waals surface area (Å²) in [6, 6.07) is 17.8. The number of carbonyl (C=O) groups is 1. The Morgan fingerprint density at radius 1 is 1.14 bits per heavy atom. The summed E-state index contributed by atoms with van der Waals surface area (Å²) in [5, 5.41) is 7.74. The van der Waals surface area contributed by atoms with Crippen molar-refractivity contribution in [1.82, 2.24) is 15.1 Å². The summed E-state index contributed by atoms with van der Waals surface area (Å²) in [7, 11) is 1.60. The summed E-state index contributed by atoms with van der Waals surface area (Å²) >= 11 is 6.07. The van der Waals surface area contributed by atoms with Gasteiger partial charge in [0.25, 0.3) is 5.56 Å². The fourth-order valence-electron chi connectivity index (χ4n) is 2.72. The Balaban J connectivity index is 1.63. The number of nitrogens with one attached hydrogen (secondary N) is 1. The van der Waals surface area contributed by atoms with Gasteiger partial charge in [0.05, 0.1) is 25.8 Å². The summed E-state index contributed by atoms with van der Waals surface area (Å²) in [4.78, 5) is 24.2. The van der Waals surface area contributed by atoms with Gasteiger partial charge in [-0.15, -0.1) is 0 Å². The molecule has 0 aliphatic carbocycles. The van der Waals surface area contributed by atoms with Crippen LogP contribution in [0.5, 0.6) is 5.75 Å². The second-order valence-corrected chi connectivity index (χ2v) is 6.54. The number of ether oxygens (including phenoxy) is 1. The molecular weight excluding hydrogens is 378 g/mol. The molecule has 2 aromatic carbocycles. The van der Waals surface area contributed by atoms with E-state index in [4.69, 9.17) is 16.3 Å². The number of halogens is 1. The van der Waals surface area contributed by atoms with Crippen molar-refractivity contribution in [3.63, 3.8) is 0 Å². The van der Waals surface area contributed by atoms with E-state index in [0.29, 0.717) is 16.5 Å². The molecule has 3 rings (SSSR count). The number of benzene rings is 2. The Morgan fingerprint density at radius 3 is 2.75 bits per heavy atom. The highest BCUT2D eigenvalue weighted by Crippen LogP contribution is 2.21. The predicted octanol–water partition coefficient (Wildman–Crippen LogP) is 2.93. The van der Waals surface area contributed by atoms with Crippen molar-refractivity contribution < 1.29 is 9.53 Å². The lowest BCUT2D eigenvalue weighted by Gasteiger charge is -2.10. The molecule has 3 aromatic rings. The first-order valence-electron chi connectivity index (χ1n) is 8.79. The maximum atomic E-state index is 12.1. The number of nitrogens with zero attached hydrogens (tertiary/aromatic N) is 2. The summed E-state index contributed by atoms with van der Waals surface area (Å²) in [5.74, 6) is 0.550. The molecule has 0 atom stereocenters. The third-order valence-corrected chi connectivity index (χ3v) is 4.56. The van der Waals surface area contributed by atoms with E-state index in [0.717, 1.165) is 11.1 Å². The largest absolute Gasteiger partial charge is 0.497 e. The number of amides is 1. The van der Waals surface area contributed by atoms with Crippen LogP contribution in [-0.2, 0) is 17.8 Å². The van der Waals surface area contributed by atoms with Crippen molar-refractivity contribution in [2.24, 2.45) is 0 Å². The summed E-state index contributed by atoms with van der Waals surface area (Å²) in [6.07, 6.45) is 0.186. The van der Waals surface area contributed by atoms with Gasteiger partial charge in [-0.3, -0.25) is 9.59 Å². The molecule has 144 valence electrons. The van der Waals surface area contributed by atoms with Crippen LogP contribution in [0.25, 0.3) is 11.3 Å². The number of carbonyl (C=O) groups excluding carboxylic acids is 1. The van der Waals surface area contributed by atoms with Crippen molar-refractivity contribution in [3.8, 4) is 17.0 Å². The van der Waals surface area contributed by atoms with Gasteiger partial charge in [-0.2, -0.15) is 5.10 Å². The zero-order chi connectivity index (χ0) is 19.9. The predicted molar refractivity (Wildman–Crippen MR) is 109 cm³/mol. The molecular formula is C21H20ClN3O3. The van der Waals surface area contributed by atoms with E-state index in [9.17, 15) is 9.59 Å². The third-order valence-electron chi connectivity index (χ3n) is 4.19. The first kappa shape index (κ1) is 19.6. The molecule has 0 radical (unpaired) electrons. The van der Waals surface area contributed by atoms with E-state index >= 15 is 0 Å². The maximum Gasteiger partial charge on any atom is 0.266 e. The van der Waals surface area contributed by atoms with Crippen LogP contribution in [0.4, 0.5) is 0 Å². The summed E-state index contributed by atoms with van der Waals surface area (Å²) < 4.78 is 6.56. The van der Waals surface area contributed by atoms with Crippen LogP contribution in [0.15, 0.2) is 65.5 Å². The lowest BCUT2D eigenvalue weighted by molar-refractivity contribution is -0.120. The number of aromatic nitrogens is 2. The van der Waals surface area contributed by atoms with E-state index in [1.54, 1.807) is 19.2 Å². The van der Waals surface area contributed by atoms with E-state index < -0.39 is 0 Å². The molecule has 1 amide bonds. The topological polar surface area (TPSA) is 73.2 Å². The first-order valence-corrected chi connectivity index (χ1v) is 9.17. The summed E-state index contributed by atoms with van der Waals surface area (Å²) in [6.45, 7) is 0.558. The minimum atomic E-state index is -0.230. The number of hydrogen-bond donors (Lipinski definition) is 1. The second-order valence-electron chi connectivity index (χ2n) is 6.13. The van der Waals surface area contributed by atoms with Crippen LogP contribution < -0.4 is 15.6 Å². The van der Waals surface area contributed by atoms with Crippen LogP contribution in [0.1, 0.15) is 5.56 Å². The molecule has 7 heteroatoms. The number of hydrogen-bond acceptors (Lipinski definition) is 4. The van der Waals surface area contributed by atoms with Gasteiger partial charge in [0.2, 0.25) is 5.91 Å². The smallest absolute Gasteiger partial charge is 0.266 e. The molecule has 1 aromatic heterocycles. The van der Waals surface area contributed by atoms with E-state index in [1.165, 1.54) is 10.7 Å². The fraction of sp³-hybridized carbons (Fsp3) is 0.190. The fourth-order valence-corrected chi connectivity index (χ4v) is 2.93. The Morgan fingerprint density at radius 2 is 1.96 bits per heavy atom. The second kappa shape index (κ2) is 9.19. The van der Waals surface area contributed by atoms with Crippen LogP contribution in [0, 0.1) is 0 Å². The lowest BCUT2D eigenvalue weighted by atomic mass is 10.1. The van der Waals surface area contributed by atoms with Crippen molar-refractivity contribution in [3.05, 3.63) is 81.6 Å². The van der Waals surface area contributed by atoms with Crippen molar-refractivity contribution in [1.29, 1.82) is 0 Å². The molecule has 0 saturated heterocycles. The normalized spacial score (nSPS) is 10.5. The SMILES string of the molecule is COc1cccc(-c2ccc(=O)n(CCNC(=O)Cc3ccccc3Cl)n2)c1. The van der Waals surface area contributed by atoms with Crippen LogP contribution in [0.2, 0.25) is 5.02 Å². The van der Waals surface area contributed by atoms with Gasteiger partial charge < -0.3 is 10.1 Å². The quantitative estimate of drug-likeness (QED) is 0.665. The highest BCUT2D eigenvalue weighted by atomic mass is 35.5. The Hall–Kier alpha value is -3.12. The number of methoxy groups -OCH3 is 1. The molecule has 0 saturated carbocycles. The lowest BCUT2D eigenvalue weighted by Crippen LogP contribution is -2.32. The molecule has 28 heavy (non-hydrogen) atoms. The molecule has 0 aliphatic heterocycles. The highest BCUT2D eigenvalue weighted by molar-refractivity contribution is 6.31. The minimum Gasteiger partial charge on any atom is -0.497 e. The Labute approximate surface area is 167 Å². The van der Waals surface area contributed by atoms with Gasteiger partial charge in [-0.05, 0) is 29.8 Å². The molecule has 0 aliphatic rings. The van der Waals surface area contributed by atoms with Gasteiger partial charge >= 0.3 is 0 Å². The van der Waals surface area contributed by atoms with Gasteiger partial charge in [-0.25, -0.2) is 4.68 Å². The molecule has 0 fully saturated rings. The highest BCUT2D eigenvalue weighted by Gasteiger charge is 2.08.